The monoisotopic (exact) mass is 394 g/mol. The van der Waals surface area contributed by atoms with Crippen molar-refractivity contribution in [3.8, 4) is 0 Å². The number of hydrogen-bond donors (Lipinski definition) is 1. The molecule has 152 valence electrons. The summed E-state index contributed by atoms with van der Waals surface area (Å²) in [5, 5.41) is 2.75. The van der Waals surface area contributed by atoms with Crippen LogP contribution in [0.1, 0.15) is 29.6 Å². The van der Waals surface area contributed by atoms with E-state index in [9.17, 15) is 9.59 Å². The van der Waals surface area contributed by atoms with E-state index < -0.39 is 0 Å². The minimum Gasteiger partial charge on any atom is -0.337 e. The highest BCUT2D eigenvalue weighted by molar-refractivity contribution is 5.80. The van der Waals surface area contributed by atoms with E-state index in [0.29, 0.717) is 12.2 Å². The maximum atomic E-state index is 13.1. The molecule has 0 saturated carbocycles. The van der Waals surface area contributed by atoms with E-state index in [0.717, 1.165) is 42.3 Å². The molecule has 8 nitrogen and oxygen atoms in total. The first kappa shape index (κ1) is 19.3. The number of H-pyrrole nitrogens is 1. The van der Waals surface area contributed by atoms with Gasteiger partial charge in [0, 0.05) is 61.4 Å². The number of carbonyl (C=O) groups is 1. The molecular weight excluding hydrogens is 368 g/mol. The van der Waals surface area contributed by atoms with Crippen LogP contribution < -0.4 is 5.56 Å². The van der Waals surface area contributed by atoms with Crippen molar-refractivity contribution in [1.82, 2.24) is 29.4 Å². The number of aromatic amines is 1. The van der Waals surface area contributed by atoms with Crippen LogP contribution in [0.5, 0.6) is 0 Å². The zero-order valence-electron chi connectivity index (χ0n) is 17.1. The van der Waals surface area contributed by atoms with Crippen molar-refractivity contribution in [2.45, 2.75) is 39.8 Å². The van der Waals surface area contributed by atoms with Gasteiger partial charge in [-0.25, -0.2) is 9.50 Å². The Morgan fingerprint density at radius 1 is 1.28 bits per heavy atom. The number of nitrogens with zero attached hydrogens (tertiary/aromatic N) is 5. The Balaban J connectivity index is 1.45. The fourth-order valence-corrected chi connectivity index (χ4v) is 4.13. The van der Waals surface area contributed by atoms with Gasteiger partial charge in [-0.05, 0) is 32.9 Å². The second-order valence-electron chi connectivity index (χ2n) is 7.74. The van der Waals surface area contributed by atoms with E-state index in [2.05, 4.69) is 26.9 Å². The van der Waals surface area contributed by atoms with Crippen LogP contribution in [0, 0.1) is 13.8 Å². The predicted octanol–water partition coefficient (Wildman–Crippen LogP) is 1.31. The highest BCUT2D eigenvalue weighted by Crippen LogP contribution is 2.18. The molecule has 1 aliphatic rings. The summed E-state index contributed by atoms with van der Waals surface area (Å²) in [6, 6.07) is 7.54. The molecule has 3 aromatic heterocycles. The lowest BCUT2D eigenvalue weighted by atomic mass is 10.1. The lowest BCUT2D eigenvalue weighted by Gasteiger charge is -2.40. The molecule has 1 N–H and O–H groups in total. The molecule has 1 fully saturated rings. The largest absolute Gasteiger partial charge is 0.337 e. The van der Waals surface area contributed by atoms with Crippen LogP contribution in [0.15, 0.2) is 35.3 Å². The van der Waals surface area contributed by atoms with Gasteiger partial charge in [-0.2, -0.15) is 0 Å². The average Bonchev–Trinajstić information content (AvgIpc) is 3.06. The molecule has 1 saturated heterocycles. The Hall–Kier alpha value is -3.00. The molecule has 0 aromatic carbocycles. The SMILES string of the molecule is Cc1nc2cc(=O)[nH]n2c(C)c1CC(=O)N1CCN(Cc2ccccn2)CC1C. The van der Waals surface area contributed by atoms with Gasteiger partial charge in [0.1, 0.15) is 0 Å². The number of rotatable bonds is 4. The highest BCUT2D eigenvalue weighted by Gasteiger charge is 2.28. The highest BCUT2D eigenvalue weighted by atomic mass is 16.2. The Bertz CT molecular complexity index is 1090. The number of nitrogens with one attached hydrogen (secondary N) is 1. The van der Waals surface area contributed by atoms with Gasteiger partial charge in [-0.1, -0.05) is 6.07 Å². The summed E-state index contributed by atoms with van der Waals surface area (Å²) in [5.41, 5.74) is 3.95. The predicted molar refractivity (Wildman–Crippen MR) is 110 cm³/mol. The molecule has 29 heavy (non-hydrogen) atoms. The zero-order valence-corrected chi connectivity index (χ0v) is 17.1. The number of fused-ring (bicyclic) bond motifs is 1. The smallest absolute Gasteiger partial charge is 0.266 e. The molecule has 4 rings (SSSR count). The summed E-state index contributed by atoms with van der Waals surface area (Å²) in [6.45, 7) is 9.03. The van der Waals surface area contributed by atoms with Crippen molar-refractivity contribution in [2.24, 2.45) is 0 Å². The van der Waals surface area contributed by atoms with Crippen LogP contribution in [0.25, 0.3) is 5.65 Å². The summed E-state index contributed by atoms with van der Waals surface area (Å²) in [4.78, 5) is 37.9. The topological polar surface area (TPSA) is 86.6 Å². The third-order valence-electron chi connectivity index (χ3n) is 5.67. The van der Waals surface area contributed by atoms with E-state index in [1.165, 1.54) is 6.07 Å². The summed E-state index contributed by atoms with van der Waals surface area (Å²) in [6.07, 6.45) is 2.09. The van der Waals surface area contributed by atoms with Crippen LogP contribution in [-0.2, 0) is 17.8 Å². The van der Waals surface area contributed by atoms with Crippen LogP contribution in [0.4, 0.5) is 0 Å². The maximum Gasteiger partial charge on any atom is 0.266 e. The Kier molecular flexibility index (Phi) is 5.19. The molecule has 3 aromatic rings. The molecule has 1 atom stereocenters. The quantitative estimate of drug-likeness (QED) is 0.721. The summed E-state index contributed by atoms with van der Waals surface area (Å²) in [5.74, 6) is 0.0943. The second-order valence-corrected chi connectivity index (χ2v) is 7.74. The number of hydrogen-bond acceptors (Lipinski definition) is 5. The second kappa shape index (κ2) is 7.79. The third-order valence-corrected chi connectivity index (χ3v) is 5.67. The minimum atomic E-state index is -0.193. The lowest BCUT2D eigenvalue weighted by Crippen LogP contribution is -2.54. The standard InChI is InChI=1S/C21H26N6O2/c1-14-12-25(13-17-6-4-5-7-22-17)8-9-26(14)21(29)10-18-15(2)23-19-11-20(28)24-27(19)16(18)3/h4-7,11,14H,8-10,12-13H2,1-3H3,(H,24,28). The van der Waals surface area contributed by atoms with E-state index in [4.69, 9.17) is 0 Å². The molecule has 0 radical (unpaired) electrons. The fourth-order valence-electron chi connectivity index (χ4n) is 4.13. The van der Waals surface area contributed by atoms with Gasteiger partial charge in [0.25, 0.3) is 5.56 Å². The third kappa shape index (κ3) is 3.93. The molecule has 4 heterocycles. The van der Waals surface area contributed by atoms with Crippen molar-refractivity contribution in [3.05, 3.63) is 63.5 Å². The van der Waals surface area contributed by atoms with Gasteiger partial charge in [-0.15, -0.1) is 0 Å². The van der Waals surface area contributed by atoms with Crippen molar-refractivity contribution in [3.63, 3.8) is 0 Å². The van der Waals surface area contributed by atoms with Gasteiger partial charge in [0.05, 0.1) is 12.1 Å². The van der Waals surface area contributed by atoms with Crippen molar-refractivity contribution in [2.75, 3.05) is 19.6 Å². The van der Waals surface area contributed by atoms with Gasteiger partial charge >= 0.3 is 0 Å². The molecule has 8 heteroatoms. The van der Waals surface area contributed by atoms with Gasteiger partial charge in [0.15, 0.2) is 5.65 Å². The van der Waals surface area contributed by atoms with Gasteiger partial charge < -0.3 is 4.90 Å². The summed E-state index contributed by atoms with van der Waals surface area (Å²) < 4.78 is 1.66. The first-order chi connectivity index (χ1) is 13.9. The molecule has 0 aliphatic carbocycles. The van der Waals surface area contributed by atoms with E-state index in [-0.39, 0.29) is 23.9 Å². The van der Waals surface area contributed by atoms with Gasteiger partial charge in [0.2, 0.25) is 5.91 Å². The van der Waals surface area contributed by atoms with Crippen molar-refractivity contribution in [1.29, 1.82) is 0 Å². The number of piperazine rings is 1. The average molecular weight is 394 g/mol. The van der Waals surface area contributed by atoms with E-state index in [1.54, 1.807) is 4.52 Å². The lowest BCUT2D eigenvalue weighted by molar-refractivity contribution is -0.135. The Morgan fingerprint density at radius 3 is 2.83 bits per heavy atom. The normalized spacial score (nSPS) is 17.8. The van der Waals surface area contributed by atoms with Crippen LogP contribution in [-0.4, -0.2) is 61.0 Å². The first-order valence-electron chi connectivity index (χ1n) is 9.92. The van der Waals surface area contributed by atoms with Gasteiger partial charge in [-0.3, -0.25) is 24.6 Å². The number of amides is 1. The van der Waals surface area contributed by atoms with E-state index in [1.807, 2.05) is 43.1 Å². The number of aryl methyl sites for hydroxylation is 2. The minimum absolute atomic E-state index is 0.0943. The first-order valence-corrected chi connectivity index (χ1v) is 9.92. The fraction of sp³-hybridized carbons (Fsp3) is 0.429. The molecule has 0 spiro atoms. The molecular formula is C21H26N6O2. The van der Waals surface area contributed by atoms with Crippen LogP contribution in [0.2, 0.25) is 0 Å². The zero-order chi connectivity index (χ0) is 20.5. The Morgan fingerprint density at radius 2 is 2.10 bits per heavy atom. The van der Waals surface area contributed by atoms with Crippen LogP contribution in [0.3, 0.4) is 0 Å². The number of aromatic nitrogens is 4. The molecule has 1 unspecified atom stereocenters. The van der Waals surface area contributed by atoms with E-state index >= 15 is 0 Å². The molecule has 1 aliphatic heterocycles. The van der Waals surface area contributed by atoms with Crippen LogP contribution >= 0.6 is 0 Å². The summed E-state index contributed by atoms with van der Waals surface area (Å²) in [7, 11) is 0. The molecule has 1 amide bonds. The van der Waals surface area contributed by atoms with Crippen molar-refractivity contribution < 1.29 is 4.79 Å². The van der Waals surface area contributed by atoms with Crippen molar-refractivity contribution >= 4 is 11.6 Å². The number of carbonyl (C=O) groups excluding carboxylic acids is 1. The molecule has 0 bridgehead atoms. The summed E-state index contributed by atoms with van der Waals surface area (Å²) >= 11 is 0. The maximum absolute atomic E-state index is 13.1. The Labute approximate surface area is 169 Å². The number of pyridine rings is 1.